The zero-order valence-corrected chi connectivity index (χ0v) is 17.5. The number of hydrogen-bond donors (Lipinski definition) is 2. The van der Waals surface area contributed by atoms with E-state index in [1.807, 2.05) is 12.4 Å². The largest absolute Gasteiger partial charge is 0.403 e. The quantitative estimate of drug-likeness (QED) is 0.757. The molecule has 0 amide bonds. The van der Waals surface area contributed by atoms with Gasteiger partial charge >= 0.3 is 0 Å². The number of nitrogens with one attached hydrogen (secondary N) is 2. The summed E-state index contributed by atoms with van der Waals surface area (Å²) < 4.78 is 12.6. The van der Waals surface area contributed by atoms with Gasteiger partial charge in [0.1, 0.15) is 0 Å². The van der Waals surface area contributed by atoms with Crippen molar-refractivity contribution in [2.75, 3.05) is 0 Å². The minimum Gasteiger partial charge on any atom is -0.403 e. The Bertz CT molecular complexity index is 418. The molecular formula is C12H28N4Si4. The smallest absolute Gasteiger partial charge is 0.271 e. The molecule has 0 radical (unpaired) electrons. The van der Waals surface area contributed by atoms with Crippen LogP contribution in [0.4, 0.5) is 0 Å². The third kappa shape index (κ3) is 2.85. The normalized spacial score (nSPS) is 38.6. The third-order valence-corrected chi connectivity index (χ3v) is 23.8. The molecule has 4 nitrogen and oxygen atoms in total. The molecule has 0 aromatic rings. The fourth-order valence-corrected chi connectivity index (χ4v) is 24.6. The van der Waals surface area contributed by atoms with Crippen molar-refractivity contribution in [2.45, 2.75) is 26.2 Å². The van der Waals surface area contributed by atoms with Gasteiger partial charge in [-0.1, -0.05) is 24.6 Å². The van der Waals surface area contributed by atoms with Gasteiger partial charge < -0.3 is 17.8 Å². The molecule has 0 aromatic carbocycles. The average Bonchev–Trinajstić information content (AvgIpc) is 2.38. The monoisotopic (exact) mass is 340 g/mol. The maximum absolute atomic E-state index is 4.13. The predicted molar refractivity (Wildman–Crippen MR) is 100.0 cm³/mol. The van der Waals surface area contributed by atoms with Gasteiger partial charge in [-0.25, -0.2) is 0 Å². The van der Waals surface area contributed by atoms with E-state index in [-0.39, 0.29) is 0 Å². The van der Waals surface area contributed by atoms with Gasteiger partial charge in [0.2, 0.25) is 8.40 Å². The molecule has 0 bridgehead atoms. The molecule has 8 heteroatoms. The van der Waals surface area contributed by atoms with Crippen LogP contribution in [-0.2, 0) is 0 Å². The first-order valence-electron chi connectivity index (χ1n) is 6.93. The number of rotatable bonds is 4. The van der Waals surface area contributed by atoms with Crippen molar-refractivity contribution in [2.24, 2.45) is 0 Å². The van der Waals surface area contributed by atoms with Crippen molar-refractivity contribution >= 4 is 35.0 Å². The lowest BCUT2D eigenvalue weighted by Gasteiger charge is -2.55. The Kier molecular flexibility index (Phi) is 5.58. The van der Waals surface area contributed by atoms with Crippen LogP contribution in [0.2, 0.25) is 26.2 Å². The van der Waals surface area contributed by atoms with Gasteiger partial charge in [0.25, 0.3) is 8.40 Å². The van der Waals surface area contributed by atoms with Gasteiger partial charge in [-0.15, -0.1) is 13.2 Å². The van der Waals surface area contributed by atoms with Crippen LogP contribution in [0.25, 0.3) is 0 Å². The molecule has 4 unspecified atom stereocenters. The van der Waals surface area contributed by atoms with Crippen LogP contribution in [0.3, 0.4) is 0 Å². The molecule has 1 aliphatic rings. The summed E-state index contributed by atoms with van der Waals surface area (Å²) in [6.45, 7) is 25.6. The van der Waals surface area contributed by atoms with Gasteiger partial charge in [0.05, 0.1) is 0 Å². The van der Waals surface area contributed by atoms with E-state index in [0.29, 0.717) is 0 Å². The SMILES string of the molecule is C=CN1[SiH](C)N[SiH](C)N[Si](C)(C=C)N(C=C)[Si]1(C)C=C. The lowest BCUT2D eigenvalue weighted by molar-refractivity contribution is 0.692. The van der Waals surface area contributed by atoms with E-state index < -0.39 is 35.0 Å². The fraction of sp³-hybridized carbons (Fsp3) is 0.333. The van der Waals surface area contributed by atoms with Crippen LogP contribution < -0.4 is 9.30 Å². The Morgan fingerprint density at radius 1 is 1.00 bits per heavy atom. The molecule has 0 spiro atoms. The summed E-state index contributed by atoms with van der Waals surface area (Å²) in [5.74, 6) is 0. The van der Waals surface area contributed by atoms with Crippen LogP contribution in [0, 0.1) is 0 Å². The first-order valence-corrected chi connectivity index (χ1v) is 16.5. The van der Waals surface area contributed by atoms with E-state index in [1.165, 1.54) is 0 Å². The van der Waals surface area contributed by atoms with Gasteiger partial charge in [0, 0.05) is 0 Å². The topological polar surface area (TPSA) is 30.5 Å². The van der Waals surface area contributed by atoms with Crippen molar-refractivity contribution in [3.63, 3.8) is 0 Å². The summed E-state index contributed by atoms with van der Waals surface area (Å²) in [6, 6.07) is 0. The molecule has 0 aromatic heterocycles. The number of hydrogen-bond acceptors (Lipinski definition) is 4. The minimum absolute atomic E-state index is 1.18. The van der Waals surface area contributed by atoms with E-state index in [2.05, 4.69) is 81.7 Å². The standard InChI is InChI=1S/C12H28N4Si4/c1-9-15-18(6)13-17(5)14-19(7,11-3)16(10-2)20(15,8)12-4/h9-14,17-18H,1-4H2,5-8H3. The Morgan fingerprint density at radius 3 is 2.00 bits per heavy atom. The molecule has 1 aliphatic heterocycles. The van der Waals surface area contributed by atoms with Crippen molar-refractivity contribution in [3.8, 4) is 0 Å². The summed E-state index contributed by atoms with van der Waals surface area (Å²) in [5, 5.41) is 0. The second kappa shape index (κ2) is 6.41. The predicted octanol–water partition coefficient (Wildman–Crippen LogP) is 1.37. The fourth-order valence-electron chi connectivity index (χ4n) is 3.06. The zero-order chi connectivity index (χ0) is 15.6. The van der Waals surface area contributed by atoms with Crippen molar-refractivity contribution in [1.29, 1.82) is 0 Å². The molecule has 1 saturated heterocycles. The van der Waals surface area contributed by atoms with Crippen LogP contribution in [0.15, 0.2) is 50.1 Å². The van der Waals surface area contributed by atoms with Crippen LogP contribution in [-0.4, -0.2) is 43.5 Å². The minimum atomic E-state index is -2.06. The van der Waals surface area contributed by atoms with E-state index in [9.17, 15) is 0 Å². The molecule has 1 heterocycles. The first kappa shape index (κ1) is 17.4. The van der Waals surface area contributed by atoms with E-state index in [0.717, 1.165) is 0 Å². The molecule has 4 atom stereocenters. The Morgan fingerprint density at radius 2 is 1.60 bits per heavy atom. The molecule has 2 N–H and O–H groups in total. The van der Waals surface area contributed by atoms with E-state index >= 15 is 0 Å². The first-order chi connectivity index (χ1) is 9.28. The van der Waals surface area contributed by atoms with Crippen molar-refractivity contribution < 1.29 is 0 Å². The highest BCUT2D eigenvalue weighted by Crippen LogP contribution is 2.26. The molecule has 112 valence electrons. The molecule has 1 rings (SSSR count). The highest BCUT2D eigenvalue weighted by Gasteiger charge is 2.49. The van der Waals surface area contributed by atoms with Crippen molar-refractivity contribution in [3.05, 3.63) is 50.1 Å². The molecular weight excluding hydrogens is 313 g/mol. The van der Waals surface area contributed by atoms with Crippen LogP contribution in [0.1, 0.15) is 0 Å². The van der Waals surface area contributed by atoms with Gasteiger partial charge in [-0.2, -0.15) is 0 Å². The summed E-state index contributed by atoms with van der Waals surface area (Å²) in [5.41, 5.74) is 4.23. The Labute approximate surface area is 129 Å². The maximum atomic E-state index is 4.13. The average molecular weight is 341 g/mol. The van der Waals surface area contributed by atoms with Crippen molar-refractivity contribution in [1.82, 2.24) is 17.8 Å². The van der Waals surface area contributed by atoms with E-state index in [1.54, 1.807) is 0 Å². The summed E-state index contributed by atoms with van der Waals surface area (Å²) in [7, 11) is -6.47. The van der Waals surface area contributed by atoms with Gasteiger partial charge in [-0.3, -0.25) is 0 Å². The lowest BCUT2D eigenvalue weighted by Crippen LogP contribution is -2.81. The highest BCUT2D eigenvalue weighted by atomic mass is 28.5. The van der Waals surface area contributed by atoms with Gasteiger partial charge in [-0.05, 0) is 38.6 Å². The highest BCUT2D eigenvalue weighted by molar-refractivity contribution is 7.01. The third-order valence-electron chi connectivity index (χ3n) is 4.09. The molecule has 0 saturated carbocycles. The summed E-state index contributed by atoms with van der Waals surface area (Å²) >= 11 is 0. The molecule has 0 aliphatic carbocycles. The summed E-state index contributed by atoms with van der Waals surface area (Å²) in [4.78, 5) is 0. The summed E-state index contributed by atoms with van der Waals surface area (Å²) in [6.07, 6.45) is 3.98. The van der Waals surface area contributed by atoms with Crippen LogP contribution in [0.5, 0.6) is 0 Å². The Balaban J connectivity index is 3.46. The maximum Gasteiger partial charge on any atom is 0.271 e. The lowest BCUT2D eigenvalue weighted by atomic mass is 11.1. The number of nitrogens with zero attached hydrogens (tertiary/aromatic N) is 2. The second-order valence-corrected chi connectivity index (χ2v) is 19.1. The molecule has 20 heavy (non-hydrogen) atoms. The van der Waals surface area contributed by atoms with E-state index in [4.69, 9.17) is 0 Å². The second-order valence-electron chi connectivity index (χ2n) is 5.50. The zero-order valence-electron chi connectivity index (χ0n) is 13.2. The Hall–Kier alpha value is -0.652. The van der Waals surface area contributed by atoms with Crippen LogP contribution >= 0.6 is 0 Å². The van der Waals surface area contributed by atoms with Gasteiger partial charge in [0.15, 0.2) is 18.2 Å². The molecule has 1 fully saturated rings.